The largest absolute Gasteiger partial charge is 0.468 e. The molecule has 0 aliphatic rings. The van der Waals surface area contributed by atoms with Crippen molar-refractivity contribution in [3.8, 4) is 5.88 Å². The van der Waals surface area contributed by atoms with Gasteiger partial charge in [0.25, 0.3) is 5.91 Å². The number of nitrogens with one attached hydrogen (secondary N) is 1. The molecule has 1 N–H and O–H groups in total. The average Bonchev–Trinajstić information content (AvgIpc) is 2.64. The van der Waals surface area contributed by atoms with Gasteiger partial charge >= 0.3 is 6.18 Å². The fourth-order valence-electron chi connectivity index (χ4n) is 2.38. The summed E-state index contributed by atoms with van der Waals surface area (Å²) in [6.07, 6.45) is -4.03. The first-order valence-corrected chi connectivity index (χ1v) is 8.88. The number of alkyl halides is 3. The number of ether oxygens (including phenoxy) is 1. The molecule has 29 heavy (non-hydrogen) atoms. The Labute approximate surface area is 165 Å². The van der Waals surface area contributed by atoms with E-state index in [0.29, 0.717) is 23.4 Å². The normalized spacial score (nSPS) is 11.2. The molecule has 2 heterocycles. The smallest absolute Gasteiger partial charge is 0.422 e. The Morgan fingerprint density at radius 2 is 1.86 bits per heavy atom. The van der Waals surface area contributed by atoms with Crippen LogP contribution in [0.3, 0.4) is 0 Å². The van der Waals surface area contributed by atoms with Gasteiger partial charge in [-0.25, -0.2) is 15.0 Å². The van der Waals surface area contributed by atoms with Crippen molar-refractivity contribution < 1.29 is 27.5 Å². The third-order valence-electron chi connectivity index (χ3n) is 3.88. The maximum absolute atomic E-state index is 12.4. The van der Waals surface area contributed by atoms with Crippen molar-refractivity contribution in [1.29, 1.82) is 0 Å². The van der Waals surface area contributed by atoms with E-state index >= 15 is 0 Å². The lowest BCUT2D eigenvalue weighted by Gasteiger charge is -2.11. The summed E-state index contributed by atoms with van der Waals surface area (Å²) in [5.74, 6) is -0.355. The van der Waals surface area contributed by atoms with E-state index in [0.717, 1.165) is 0 Å². The number of rotatable bonds is 8. The van der Waals surface area contributed by atoms with E-state index in [1.807, 2.05) is 0 Å². The van der Waals surface area contributed by atoms with Crippen molar-refractivity contribution >= 4 is 11.7 Å². The minimum atomic E-state index is -4.45. The summed E-state index contributed by atoms with van der Waals surface area (Å²) in [6, 6.07) is 4.35. The van der Waals surface area contributed by atoms with Crippen LogP contribution in [-0.4, -0.2) is 39.4 Å². The number of Topliss-reactive ketones (excluding diaryl/α,β-unsaturated/α-hetero) is 1. The van der Waals surface area contributed by atoms with Gasteiger partial charge in [-0.05, 0) is 25.5 Å². The molecule has 0 aliphatic carbocycles. The van der Waals surface area contributed by atoms with Crippen molar-refractivity contribution in [1.82, 2.24) is 20.3 Å². The molecule has 0 radical (unpaired) electrons. The van der Waals surface area contributed by atoms with Gasteiger partial charge in [-0.15, -0.1) is 0 Å². The second kappa shape index (κ2) is 9.44. The predicted octanol–water partition coefficient (Wildman–Crippen LogP) is 2.88. The van der Waals surface area contributed by atoms with Gasteiger partial charge in [-0.2, -0.15) is 13.2 Å². The molecule has 156 valence electrons. The van der Waals surface area contributed by atoms with Gasteiger partial charge in [-0.1, -0.05) is 13.0 Å². The molecule has 2 rings (SSSR count). The van der Waals surface area contributed by atoms with Gasteiger partial charge < -0.3 is 10.1 Å². The zero-order valence-corrected chi connectivity index (χ0v) is 16.3. The number of pyridine rings is 1. The predicted molar refractivity (Wildman–Crippen MR) is 97.5 cm³/mol. The number of halogens is 3. The molecule has 1 amide bonds. The molecule has 0 unspecified atom stereocenters. The summed E-state index contributed by atoms with van der Waals surface area (Å²) < 4.78 is 41.2. The number of aryl methyl sites for hydroxylation is 2. The monoisotopic (exact) mass is 410 g/mol. The quantitative estimate of drug-likeness (QED) is 0.719. The van der Waals surface area contributed by atoms with E-state index in [-0.39, 0.29) is 36.1 Å². The molecule has 0 atom stereocenters. The van der Waals surface area contributed by atoms with E-state index in [4.69, 9.17) is 0 Å². The lowest BCUT2D eigenvalue weighted by molar-refractivity contribution is -0.154. The van der Waals surface area contributed by atoms with Gasteiger partial charge in [-0.3, -0.25) is 9.59 Å². The molecule has 0 saturated carbocycles. The molecular weight excluding hydrogens is 389 g/mol. The maximum atomic E-state index is 12.4. The Morgan fingerprint density at radius 3 is 2.48 bits per heavy atom. The highest BCUT2D eigenvalue weighted by Gasteiger charge is 2.28. The van der Waals surface area contributed by atoms with Crippen molar-refractivity contribution in [2.75, 3.05) is 6.61 Å². The average molecular weight is 410 g/mol. The number of hydrogen-bond acceptors (Lipinski definition) is 6. The Bertz CT molecular complexity index is 901. The Hall–Kier alpha value is -3.04. The lowest BCUT2D eigenvalue weighted by Crippen LogP contribution is -2.25. The minimum absolute atomic E-state index is 0.0310. The van der Waals surface area contributed by atoms with Crippen LogP contribution in [0, 0.1) is 13.8 Å². The number of ketones is 1. The van der Waals surface area contributed by atoms with Gasteiger partial charge in [0.1, 0.15) is 17.3 Å². The van der Waals surface area contributed by atoms with Gasteiger partial charge in [0.2, 0.25) is 5.88 Å². The molecule has 0 saturated heterocycles. The van der Waals surface area contributed by atoms with Crippen LogP contribution in [0.2, 0.25) is 0 Å². The molecule has 0 bridgehead atoms. The molecule has 0 aromatic carbocycles. The molecule has 2 aromatic heterocycles. The van der Waals surface area contributed by atoms with E-state index in [2.05, 4.69) is 25.0 Å². The molecular formula is C19H21F3N4O3. The molecule has 10 heteroatoms. The summed E-state index contributed by atoms with van der Waals surface area (Å²) in [4.78, 5) is 36.3. The summed E-state index contributed by atoms with van der Waals surface area (Å²) in [7, 11) is 0. The van der Waals surface area contributed by atoms with Crippen LogP contribution in [0.1, 0.15) is 46.6 Å². The van der Waals surface area contributed by atoms with Gasteiger partial charge in [0.05, 0.1) is 6.42 Å². The van der Waals surface area contributed by atoms with Crippen molar-refractivity contribution in [3.63, 3.8) is 0 Å². The summed E-state index contributed by atoms with van der Waals surface area (Å²) >= 11 is 0. The second-order valence-corrected chi connectivity index (χ2v) is 6.36. The molecule has 7 nitrogen and oxygen atoms in total. The van der Waals surface area contributed by atoms with Gasteiger partial charge in [0.15, 0.2) is 6.61 Å². The minimum Gasteiger partial charge on any atom is -0.468 e. The Kier molecular flexibility index (Phi) is 7.24. The molecule has 0 fully saturated rings. The van der Waals surface area contributed by atoms with Crippen LogP contribution in [0.5, 0.6) is 5.88 Å². The number of hydrogen-bond donors (Lipinski definition) is 1. The Morgan fingerprint density at radius 1 is 1.14 bits per heavy atom. The van der Waals surface area contributed by atoms with E-state index in [9.17, 15) is 22.8 Å². The number of carbonyl (C=O) groups is 2. The standard InChI is InChI=1S/C19H21F3N4O3/c1-4-14(27)8-16-24-11(2)7-15(26-16)18(28)23-9-13-5-6-17(25-12(13)3)29-10-19(20,21)22/h5-7H,4,8-10H2,1-3H3,(H,23,28). The second-order valence-electron chi connectivity index (χ2n) is 6.36. The highest BCUT2D eigenvalue weighted by Crippen LogP contribution is 2.18. The van der Waals surface area contributed by atoms with Crippen LogP contribution in [-0.2, 0) is 17.8 Å². The first-order chi connectivity index (χ1) is 13.6. The van der Waals surface area contributed by atoms with Crippen LogP contribution >= 0.6 is 0 Å². The van der Waals surface area contributed by atoms with Crippen LogP contribution < -0.4 is 10.1 Å². The summed E-state index contributed by atoms with van der Waals surface area (Å²) in [5, 5.41) is 2.68. The number of aromatic nitrogens is 3. The van der Waals surface area contributed by atoms with Crippen molar-refractivity contribution in [2.45, 2.75) is 46.3 Å². The zero-order chi connectivity index (χ0) is 21.6. The topological polar surface area (TPSA) is 94.1 Å². The third-order valence-corrected chi connectivity index (χ3v) is 3.88. The number of carbonyl (C=O) groups excluding carboxylic acids is 2. The highest BCUT2D eigenvalue weighted by molar-refractivity contribution is 5.92. The molecule has 0 aliphatic heterocycles. The van der Waals surface area contributed by atoms with Crippen LogP contribution in [0.15, 0.2) is 18.2 Å². The van der Waals surface area contributed by atoms with E-state index in [1.165, 1.54) is 18.2 Å². The first-order valence-electron chi connectivity index (χ1n) is 8.88. The first kappa shape index (κ1) is 22.3. The van der Waals surface area contributed by atoms with Crippen LogP contribution in [0.4, 0.5) is 13.2 Å². The van der Waals surface area contributed by atoms with Crippen molar-refractivity contribution in [3.05, 3.63) is 46.7 Å². The fraction of sp³-hybridized carbons (Fsp3) is 0.421. The molecule has 2 aromatic rings. The zero-order valence-electron chi connectivity index (χ0n) is 16.3. The number of nitrogens with zero attached hydrogens (tertiary/aromatic N) is 3. The summed E-state index contributed by atoms with van der Waals surface area (Å²) in [5.41, 5.74) is 1.74. The lowest BCUT2D eigenvalue weighted by atomic mass is 10.2. The van der Waals surface area contributed by atoms with Crippen molar-refractivity contribution in [2.24, 2.45) is 0 Å². The fourth-order valence-corrected chi connectivity index (χ4v) is 2.38. The van der Waals surface area contributed by atoms with Gasteiger partial charge in [0, 0.05) is 30.4 Å². The van der Waals surface area contributed by atoms with Crippen LogP contribution in [0.25, 0.3) is 0 Å². The maximum Gasteiger partial charge on any atom is 0.422 e. The van der Waals surface area contributed by atoms with E-state index < -0.39 is 18.7 Å². The summed E-state index contributed by atoms with van der Waals surface area (Å²) in [6.45, 7) is 3.72. The number of amides is 1. The third kappa shape index (κ3) is 7.13. The molecule has 0 spiro atoms. The Balaban J connectivity index is 2.02. The van der Waals surface area contributed by atoms with E-state index in [1.54, 1.807) is 20.8 Å². The highest BCUT2D eigenvalue weighted by atomic mass is 19.4. The SMILES string of the molecule is CCC(=O)Cc1nc(C)cc(C(=O)NCc2ccc(OCC(F)(F)F)nc2C)n1.